The van der Waals surface area contributed by atoms with E-state index in [-0.39, 0.29) is 24.9 Å². The molecule has 0 saturated carbocycles. The molecule has 6 nitrogen and oxygen atoms in total. The summed E-state index contributed by atoms with van der Waals surface area (Å²) in [7, 11) is 0. The predicted octanol–water partition coefficient (Wildman–Crippen LogP) is 16.7. The number of aliphatic hydroxyl groups excluding tert-OH is 2. The summed E-state index contributed by atoms with van der Waals surface area (Å²) in [6, 6.07) is -0.736. The molecule has 6 heteroatoms. The smallest absolute Gasteiger partial charge is 0.306 e. The molecule has 0 aromatic rings. The fraction of sp³-hybridized carbons (Fsp3) is 0.667. The van der Waals surface area contributed by atoms with E-state index in [0.29, 0.717) is 19.3 Å². The molecule has 0 bridgehead atoms. The average Bonchev–Trinajstić information content (AvgIpc) is 3.31. The van der Waals surface area contributed by atoms with E-state index in [1.807, 2.05) is 60.8 Å². The van der Waals surface area contributed by atoms with Gasteiger partial charge in [-0.25, -0.2) is 0 Å². The number of hydrogen-bond acceptors (Lipinski definition) is 5. The summed E-state index contributed by atoms with van der Waals surface area (Å²) in [6.07, 6.45) is 71.5. The molecule has 3 N–H and O–H groups in total. The van der Waals surface area contributed by atoms with Gasteiger partial charge in [-0.3, -0.25) is 9.59 Å². The van der Waals surface area contributed by atoms with Gasteiger partial charge in [0.1, 0.15) is 6.10 Å². The fourth-order valence-electron chi connectivity index (χ4n) is 7.72. The lowest BCUT2D eigenvalue weighted by Crippen LogP contribution is -2.46. The molecule has 0 aliphatic heterocycles. The molecular formula is C60H101NO5. The standard InChI is InChI=1S/C60H101NO5/c1-4-7-10-13-16-19-22-25-28-31-34-37-40-43-46-49-52-58(63)57(55-62)61-59(64)54-56(51-48-45-42-39-36-33-30-27-24-21-18-15-12-9-6-3)66-60(65)53-50-47-44-41-38-35-32-29-26-23-20-17-14-11-8-5-2/h8-9,11-12,15,17-18,20-21,24,26-27,29-30,33,36,39,42,56-58,62-63H,4-7,10,13-14,16,19,22-23,25,28,31-32,34-35,37-38,40-41,43-55H2,1-3H3,(H,61,64)/b11-8+,12-9-,18-15+,20-17+,24-21+,29-26+,30-27-,36-33+,42-39+. The molecule has 3 unspecified atom stereocenters. The molecule has 376 valence electrons. The van der Waals surface area contributed by atoms with Crippen LogP contribution in [0, 0.1) is 0 Å². The van der Waals surface area contributed by atoms with Gasteiger partial charge in [-0.15, -0.1) is 0 Å². The van der Waals surface area contributed by atoms with Gasteiger partial charge in [0.25, 0.3) is 0 Å². The maximum atomic E-state index is 13.2. The Morgan fingerprint density at radius 2 is 0.909 bits per heavy atom. The minimum atomic E-state index is -0.817. The number of amides is 1. The third-order valence-electron chi connectivity index (χ3n) is 11.8. The van der Waals surface area contributed by atoms with Crippen LogP contribution in [0.15, 0.2) is 109 Å². The topological polar surface area (TPSA) is 95.9 Å². The molecule has 0 aromatic carbocycles. The number of carbonyl (C=O) groups is 2. The van der Waals surface area contributed by atoms with Crippen molar-refractivity contribution in [1.29, 1.82) is 0 Å². The summed E-state index contributed by atoms with van der Waals surface area (Å²) in [5.74, 6) is -0.570. The summed E-state index contributed by atoms with van der Waals surface area (Å²) in [6.45, 7) is 6.21. The van der Waals surface area contributed by atoms with Gasteiger partial charge in [0.05, 0.1) is 25.2 Å². The lowest BCUT2D eigenvalue weighted by molar-refractivity contribution is -0.151. The van der Waals surface area contributed by atoms with Crippen LogP contribution in [0.2, 0.25) is 0 Å². The van der Waals surface area contributed by atoms with Crippen LogP contribution >= 0.6 is 0 Å². The molecule has 0 radical (unpaired) electrons. The molecular weight excluding hydrogens is 815 g/mol. The molecule has 0 aliphatic carbocycles. The lowest BCUT2D eigenvalue weighted by atomic mass is 10.0. The Balaban J connectivity index is 4.71. The van der Waals surface area contributed by atoms with Crippen molar-refractivity contribution >= 4 is 11.9 Å². The summed E-state index contributed by atoms with van der Waals surface area (Å²) >= 11 is 0. The third-order valence-corrected chi connectivity index (χ3v) is 11.8. The van der Waals surface area contributed by atoms with Gasteiger partial charge in [-0.1, -0.05) is 259 Å². The van der Waals surface area contributed by atoms with Crippen molar-refractivity contribution in [2.45, 2.75) is 251 Å². The van der Waals surface area contributed by atoms with E-state index in [1.54, 1.807) is 0 Å². The Labute approximate surface area is 407 Å². The van der Waals surface area contributed by atoms with Gasteiger partial charge < -0.3 is 20.3 Å². The minimum Gasteiger partial charge on any atom is -0.462 e. The van der Waals surface area contributed by atoms with Crippen molar-refractivity contribution in [2.24, 2.45) is 0 Å². The molecule has 0 heterocycles. The number of carbonyl (C=O) groups excluding carboxylic acids is 2. The van der Waals surface area contributed by atoms with Crippen molar-refractivity contribution < 1.29 is 24.5 Å². The van der Waals surface area contributed by atoms with Crippen LogP contribution < -0.4 is 5.32 Å². The first-order valence-corrected chi connectivity index (χ1v) is 27.2. The number of rotatable bonds is 47. The number of unbranched alkanes of at least 4 members (excludes halogenated alkanes) is 22. The molecule has 0 aliphatic rings. The zero-order chi connectivity index (χ0) is 48.1. The fourth-order valence-corrected chi connectivity index (χ4v) is 7.72. The molecule has 0 spiro atoms. The van der Waals surface area contributed by atoms with Crippen LogP contribution in [0.25, 0.3) is 0 Å². The summed E-state index contributed by atoms with van der Waals surface area (Å²) < 4.78 is 5.90. The Hall–Kier alpha value is -3.48. The van der Waals surface area contributed by atoms with Crippen molar-refractivity contribution in [3.8, 4) is 0 Å². The largest absolute Gasteiger partial charge is 0.462 e. The van der Waals surface area contributed by atoms with E-state index < -0.39 is 18.2 Å². The van der Waals surface area contributed by atoms with E-state index in [9.17, 15) is 19.8 Å². The summed E-state index contributed by atoms with van der Waals surface area (Å²) in [5.41, 5.74) is 0. The van der Waals surface area contributed by atoms with Gasteiger partial charge in [0.2, 0.25) is 5.91 Å². The van der Waals surface area contributed by atoms with Crippen LogP contribution in [0.5, 0.6) is 0 Å². The number of aliphatic hydroxyl groups is 2. The van der Waals surface area contributed by atoms with Crippen molar-refractivity contribution in [1.82, 2.24) is 5.32 Å². The van der Waals surface area contributed by atoms with Crippen molar-refractivity contribution in [3.63, 3.8) is 0 Å². The van der Waals surface area contributed by atoms with Gasteiger partial charge in [-0.2, -0.15) is 0 Å². The predicted molar refractivity (Wildman–Crippen MR) is 287 cm³/mol. The van der Waals surface area contributed by atoms with Crippen LogP contribution in [0.1, 0.15) is 233 Å². The Morgan fingerprint density at radius 1 is 0.470 bits per heavy atom. The third kappa shape index (κ3) is 47.0. The minimum absolute atomic E-state index is 0.0149. The van der Waals surface area contributed by atoms with Crippen LogP contribution in [0.3, 0.4) is 0 Å². The Kier molecular flexibility index (Phi) is 49.7. The zero-order valence-corrected chi connectivity index (χ0v) is 42.8. The van der Waals surface area contributed by atoms with Gasteiger partial charge >= 0.3 is 5.97 Å². The van der Waals surface area contributed by atoms with E-state index in [0.717, 1.165) is 89.9 Å². The average molecular weight is 916 g/mol. The van der Waals surface area contributed by atoms with Gasteiger partial charge in [0, 0.05) is 6.42 Å². The quantitative estimate of drug-likeness (QED) is 0.0245. The highest BCUT2D eigenvalue weighted by molar-refractivity contribution is 5.77. The van der Waals surface area contributed by atoms with Gasteiger partial charge in [0.15, 0.2) is 0 Å². The number of esters is 1. The molecule has 66 heavy (non-hydrogen) atoms. The molecule has 0 saturated heterocycles. The highest BCUT2D eigenvalue weighted by Gasteiger charge is 2.24. The number of nitrogens with one attached hydrogen (secondary N) is 1. The molecule has 0 aromatic heterocycles. The molecule has 3 atom stereocenters. The first-order chi connectivity index (χ1) is 32.5. The zero-order valence-electron chi connectivity index (χ0n) is 42.8. The molecule has 1 amide bonds. The molecule has 0 rings (SSSR count). The number of ether oxygens (including phenoxy) is 1. The molecule has 0 fully saturated rings. The van der Waals surface area contributed by atoms with Gasteiger partial charge in [-0.05, 0) is 70.6 Å². The highest BCUT2D eigenvalue weighted by atomic mass is 16.5. The van der Waals surface area contributed by atoms with E-state index in [1.165, 1.54) is 96.3 Å². The number of allylic oxidation sites excluding steroid dienone is 18. The van der Waals surface area contributed by atoms with E-state index in [4.69, 9.17) is 4.74 Å². The summed E-state index contributed by atoms with van der Waals surface area (Å²) in [5, 5.41) is 23.8. The Bertz CT molecular complexity index is 1350. The first-order valence-electron chi connectivity index (χ1n) is 27.2. The van der Waals surface area contributed by atoms with E-state index >= 15 is 0 Å². The SMILES string of the molecule is CC\C=C/C=C/C=C/C=C\C=C\C=C\CCCC(CC(=O)NC(CO)C(O)CCCCCCCCCCCCCCCCCC)OC(=O)CCCCCCCC/C=C/C/C=C/C/C=C/CC. The second-order valence-corrected chi connectivity index (χ2v) is 18.0. The summed E-state index contributed by atoms with van der Waals surface area (Å²) in [4.78, 5) is 26.2. The second-order valence-electron chi connectivity index (χ2n) is 18.0. The lowest BCUT2D eigenvalue weighted by Gasteiger charge is -2.24. The van der Waals surface area contributed by atoms with Crippen LogP contribution in [0.4, 0.5) is 0 Å². The highest BCUT2D eigenvalue weighted by Crippen LogP contribution is 2.17. The van der Waals surface area contributed by atoms with Crippen molar-refractivity contribution in [2.75, 3.05) is 6.61 Å². The van der Waals surface area contributed by atoms with Crippen LogP contribution in [-0.4, -0.2) is 46.9 Å². The van der Waals surface area contributed by atoms with Crippen LogP contribution in [-0.2, 0) is 14.3 Å². The Morgan fingerprint density at radius 3 is 1.44 bits per heavy atom. The van der Waals surface area contributed by atoms with E-state index in [2.05, 4.69) is 74.7 Å². The second kappa shape index (κ2) is 52.5. The first kappa shape index (κ1) is 62.5. The monoisotopic (exact) mass is 916 g/mol. The maximum absolute atomic E-state index is 13.2. The maximum Gasteiger partial charge on any atom is 0.306 e. The normalized spacial score (nSPS) is 14.1. The van der Waals surface area contributed by atoms with Crippen molar-refractivity contribution in [3.05, 3.63) is 109 Å². The number of hydrogen-bond donors (Lipinski definition) is 3.